The molecule has 2 heteroatoms. The molecule has 0 aromatic carbocycles. The zero-order valence-corrected chi connectivity index (χ0v) is 10.4. The van der Waals surface area contributed by atoms with Crippen LogP contribution < -0.4 is 0 Å². The van der Waals surface area contributed by atoms with E-state index in [4.69, 9.17) is 4.74 Å². The lowest BCUT2D eigenvalue weighted by Crippen LogP contribution is -2.55. The van der Waals surface area contributed by atoms with E-state index >= 15 is 0 Å². The zero-order valence-electron chi connectivity index (χ0n) is 10.4. The van der Waals surface area contributed by atoms with Crippen LogP contribution in [-0.4, -0.2) is 24.4 Å². The van der Waals surface area contributed by atoms with Crippen molar-refractivity contribution in [1.29, 1.82) is 0 Å². The van der Waals surface area contributed by atoms with Crippen molar-refractivity contribution in [3.05, 3.63) is 24.3 Å². The molecular formula is C14H22O2. The molecule has 0 amide bonds. The van der Waals surface area contributed by atoms with Crippen molar-refractivity contribution in [2.45, 2.75) is 26.9 Å². The Balaban J connectivity index is 2.44. The summed E-state index contributed by atoms with van der Waals surface area (Å²) in [7, 11) is 0. The Kier molecular flexibility index (Phi) is 2.97. The van der Waals surface area contributed by atoms with Gasteiger partial charge in [0.05, 0.1) is 19.3 Å². The van der Waals surface area contributed by atoms with Gasteiger partial charge in [0.2, 0.25) is 0 Å². The number of rotatable bonds is 2. The van der Waals surface area contributed by atoms with E-state index in [2.05, 4.69) is 33.4 Å². The van der Waals surface area contributed by atoms with Gasteiger partial charge >= 0.3 is 0 Å². The van der Waals surface area contributed by atoms with Crippen molar-refractivity contribution in [3.8, 4) is 0 Å². The van der Waals surface area contributed by atoms with E-state index in [1.54, 1.807) is 0 Å². The SMILES string of the molecule is C=C[C@H]1OC[C@]2(CO)[C@H](C)[C@@H]1C(C)=C[C@@H]2C. The molecule has 1 aliphatic heterocycles. The van der Waals surface area contributed by atoms with Gasteiger partial charge in [-0.05, 0) is 18.8 Å². The molecule has 2 nitrogen and oxygen atoms in total. The molecule has 1 N–H and O–H groups in total. The maximum absolute atomic E-state index is 9.74. The molecule has 0 aromatic rings. The van der Waals surface area contributed by atoms with Crippen molar-refractivity contribution in [1.82, 2.24) is 0 Å². The Morgan fingerprint density at radius 2 is 2.31 bits per heavy atom. The molecule has 1 heterocycles. The first-order valence-corrected chi connectivity index (χ1v) is 6.10. The summed E-state index contributed by atoms with van der Waals surface area (Å²) < 4.78 is 5.88. The van der Waals surface area contributed by atoms with Crippen LogP contribution in [0.4, 0.5) is 0 Å². The van der Waals surface area contributed by atoms with Crippen molar-refractivity contribution >= 4 is 0 Å². The van der Waals surface area contributed by atoms with Crippen molar-refractivity contribution in [2.75, 3.05) is 13.2 Å². The number of hydrogen-bond acceptors (Lipinski definition) is 2. The summed E-state index contributed by atoms with van der Waals surface area (Å²) in [5.74, 6) is 1.22. The highest BCUT2D eigenvalue weighted by Gasteiger charge is 2.52. The van der Waals surface area contributed by atoms with Crippen LogP contribution in [0.15, 0.2) is 24.3 Å². The smallest absolute Gasteiger partial charge is 0.0821 e. The minimum atomic E-state index is -0.0936. The van der Waals surface area contributed by atoms with Gasteiger partial charge in [-0.2, -0.15) is 0 Å². The molecule has 0 unspecified atom stereocenters. The maximum atomic E-state index is 9.74. The van der Waals surface area contributed by atoms with Gasteiger partial charge < -0.3 is 9.84 Å². The average molecular weight is 222 g/mol. The summed E-state index contributed by atoms with van der Waals surface area (Å²) >= 11 is 0. The molecule has 2 rings (SSSR count). The fraction of sp³-hybridized carbons (Fsp3) is 0.714. The lowest BCUT2D eigenvalue weighted by atomic mass is 9.56. The topological polar surface area (TPSA) is 29.5 Å². The molecular weight excluding hydrogens is 200 g/mol. The Bertz CT molecular complexity index is 321. The predicted octanol–water partition coefficient (Wildman–Crippen LogP) is 2.40. The van der Waals surface area contributed by atoms with Crippen LogP contribution in [0.25, 0.3) is 0 Å². The molecule has 0 aromatic heterocycles. The minimum Gasteiger partial charge on any atom is -0.396 e. The third-order valence-corrected chi connectivity index (χ3v) is 4.82. The summed E-state index contributed by atoms with van der Waals surface area (Å²) in [6, 6.07) is 0. The highest BCUT2D eigenvalue weighted by atomic mass is 16.5. The summed E-state index contributed by atoms with van der Waals surface area (Å²) in [5.41, 5.74) is 1.29. The molecule has 1 aliphatic carbocycles. The van der Waals surface area contributed by atoms with E-state index in [9.17, 15) is 5.11 Å². The first-order chi connectivity index (χ1) is 7.56. The molecule has 5 atom stereocenters. The van der Waals surface area contributed by atoms with E-state index in [1.807, 2.05) is 6.08 Å². The molecule has 2 bridgehead atoms. The lowest BCUT2D eigenvalue weighted by molar-refractivity contribution is -0.148. The van der Waals surface area contributed by atoms with Crippen LogP contribution in [0, 0.1) is 23.2 Å². The van der Waals surface area contributed by atoms with E-state index in [-0.39, 0.29) is 18.1 Å². The number of ether oxygens (including phenoxy) is 1. The fourth-order valence-corrected chi connectivity index (χ4v) is 3.55. The first kappa shape index (κ1) is 11.9. The van der Waals surface area contributed by atoms with Crippen LogP contribution in [0.5, 0.6) is 0 Å². The van der Waals surface area contributed by atoms with Crippen LogP contribution >= 0.6 is 0 Å². The van der Waals surface area contributed by atoms with Gasteiger partial charge in [0.25, 0.3) is 0 Å². The molecule has 1 fully saturated rings. The largest absolute Gasteiger partial charge is 0.396 e. The van der Waals surface area contributed by atoms with E-state index in [0.717, 1.165) is 0 Å². The van der Waals surface area contributed by atoms with E-state index in [1.165, 1.54) is 5.57 Å². The number of aliphatic hydroxyl groups is 1. The van der Waals surface area contributed by atoms with E-state index in [0.29, 0.717) is 24.4 Å². The summed E-state index contributed by atoms with van der Waals surface area (Å²) in [6.07, 6.45) is 4.31. The highest BCUT2D eigenvalue weighted by molar-refractivity contribution is 5.22. The third-order valence-electron chi connectivity index (χ3n) is 4.82. The van der Waals surface area contributed by atoms with Gasteiger partial charge in [-0.15, -0.1) is 6.58 Å². The Labute approximate surface area is 98.0 Å². The van der Waals surface area contributed by atoms with Gasteiger partial charge in [-0.25, -0.2) is 0 Å². The van der Waals surface area contributed by atoms with Crippen LogP contribution in [-0.2, 0) is 4.74 Å². The molecule has 0 saturated carbocycles. The number of hydrogen-bond donors (Lipinski definition) is 1. The fourth-order valence-electron chi connectivity index (χ4n) is 3.55. The van der Waals surface area contributed by atoms with Crippen LogP contribution in [0.3, 0.4) is 0 Å². The summed E-state index contributed by atoms with van der Waals surface area (Å²) in [6.45, 7) is 11.3. The van der Waals surface area contributed by atoms with Crippen molar-refractivity contribution in [2.24, 2.45) is 23.2 Å². The number of aliphatic hydroxyl groups excluding tert-OH is 1. The van der Waals surface area contributed by atoms with Crippen molar-refractivity contribution in [3.63, 3.8) is 0 Å². The van der Waals surface area contributed by atoms with Gasteiger partial charge in [-0.3, -0.25) is 0 Å². The van der Waals surface area contributed by atoms with Gasteiger partial charge in [0.1, 0.15) is 0 Å². The molecule has 2 aliphatic rings. The third kappa shape index (κ3) is 1.40. The van der Waals surface area contributed by atoms with Gasteiger partial charge in [-0.1, -0.05) is 31.6 Å². The van der Waals surface area contributed by atoms with Crippen LogP contribution in [0.2, 0.25) is 0 Å². The molecule has 90 valence electrons. The predicted molar refractivity (Wildman–Crippen MR) is 65.0 cm³/mol. The monoisotopic (exact) mass is 222 g/mol. The molecule has 1 saturated heterocycles. The Hall–Kier alpha value is -0.600. The van der Waals surface area contributed by atoms with Crippen molar-refractivity contribution < 1.29 is 9.84 Å². The summed E-state index contributed by atoms with van der Waals surface area (Å²) in [4.78, 5) is 0. The molecule has 0 radical (unpaired) electrons. The first-order valence-electron chi connectivity index (χ1n) is 6.10. The second-order valence-electron chi connectivity index (χ2n) is 5.42. The molecule has 16 heavy (non-hydrogen) atoms. The van der Waals surface area contributed by atoms with E-state index < -0.39 is 0 Å². The molecule has 0 spiro atoms. The normalized spacial score (nSPS) is 47.4. The lowest BCUT2D eigenvalue weighted by Gasteiger charge is -2.54. The van der Waals surface area contributed by atoms with Crippen LogP contribution in [0.1, 0.15) is 20.8 Å². The number of fused-ring (bicyclic) bond motifs is 2. The maximum Gasteiger partial charge on any atom is 0.0821 e. The quantitative estimate of drug-likeness (QED) is 0.727. The number of allylic oxidation sites excluding steroid dienone is 1. The Morgan fingerprint density at radius 1 is 1.62 bits per heavy atom. The van der Waals surface area contributed by atoms with Gasteiger partial charge in [0.15, 0.2) is 0 Å². The average Bonchev–Trinajstić information content (AvgIpc) is 2.26. The minimum absolute atomic E-state index is 0.0936. The highest BCUT2D eigenvalue weighted by Crippen LogP contribution is 2.52. The van der Waals surface area contributed by atoms with Gasteiger partial charge in [0, 0.05) is 11.3 Å². The second-order valence-corrected chi connectivity index (χ2v) is 5.42. The second kappa shape index (κ2) is 4.01. The standard InChI is InChI=1S/C14H22O2/c1-5-12-13-9(2)6-10(3)14(7-15,8-16-12)11(13)4/h5-6,10-13,15H,1,7-8H2,2-4H3/t10-,11+,12+,13-,14-/m0/s1. The Morgan fingerprint density at radius 3 is 2.88 bits per heavy atom. The zero-order chi connectivity index (χ0) is 11.9. The summed E-state index contributed by atoms with van der Waals surface area (Å²) in [5, 5.41) is 9.74.